The largest absolute Gasteiger partial charge is 0.391 e. The standard InChI is InChI=1S/C16H30F3N3O/c1-4-15(23,5-2)11-21-14(20-6-3)22-13-9-7-12(8-10-13)16(17,18)19/h12-13,23H,4-11H2,1-3H3,(H2,20,21,22). The van der Waals surface area contributed by atoms with Gasteiger partial charge in [0.15, 0.2) is 5.96 Å². The molecule has 1 aliphatic carbocycles. The van der Waals surface area contributed by atoms with Crippen LogP contribution in [0.15, 0.2) is 4.99 Å². The van der Waals surface area contributed by atoms with E-state index in [-0.39, 0.29) is 25.4 Å². The maximum absolute atomic E-state index is 12.7. The first-order valence-corrected chi connectivity index (χ1v) is 8.58. The molecule has 1 aliphatic rings. The normalized spacial score (nSPS) is 23.7. The van der Waals surface area contributed by atoms with Gasteiger partial charge in [-0.25, -0.2) is 0 Å². The van der Waals surface area contributed by atoms with E-state index in [9.17, 15) is 18.3 Å². The fourth-order valence-electron chi connectivity index (χ4n) is 2.78. The number of rotatable bonds is 6. The molecule has 3 N–H and O–H groups in total. The molecule has 0 aromatic carbocycles. The Labute approximate surface area is 136 Å². The zero-order valence-electron chi connectivity index (χ0n) is 14.3. The molecule has 0 atom stereocenters. The third kappa shape index (κ3) is 6.57. The molecule has 0 aliphatic heterocycles. The van der Waals surface area contributed by atoms with Crippen LogP contribution in [-0.4, -0.2) is 42.0 Å². The fourth-order valence-corrected chi connectivity index (χ4v) is 2.78. The number of aliphatic hydroxyl groups is 1. The van der Waals surface area contributed by atoms with E-state index in [4.69, 9.17) is 0 Å². The van der Waals surface area contributed by atoms with Crippen molar-refractivity contribution in [3.05, 3.63) is 0 Å². The Morgan fingerprint density at radius 2 is 1.65 bits per heavy atom. The molecule has 7 heteroatoms. The second-order valence-electron chi connectivity index (χ2n) is 6.36. The van der Waals surface area contributed by atoms with E-state index < -0.39 is 17.7 Å². The Balaban J connectivity index is 2.57. The van der Waals surface area contributed by atoms with Gasteiger partial charge in [0.1, 0.15) is 0 Å². The summed E-state index contributed by atoms with van der Waals surface area (Å²) in [7, 11) is 0. The van der Waals surface area contributed by atoms with Crippen LogP contribution in [0.4, 0.5) is 13.2 Å². The summed E-state index contributed by atoms with van der Waals surface area (Å²) in [6.07, 6.45) is -1.56. The summed E-state index contributed by atoms with van der Waals surface area (Å²) in [6.45, 7) is 6.72. The van der Waals surface area contributed by atoms with Gasteiger partial charge in [-0.3, -0.25) is 4.99 Å². The number of halogens is 3. The molecule has 1 fully saturated rings. The van der Waals surface area contributed by atoms with E-state index in [0.717, 1.165) is 0 Å². The predicted molar refractivity (Wildman–Crippen MR) is 86.4 cm³/mol. The van der Waals surface area contributed by atoms with E-state index in [0.29, 0.717) is 38.2 Å². The van der Waals surface area contributed by atoms with Crippen LogP contribution in [0.2, 0.25) is 0 Å². The second-order valence-corrected chi connectivity index (χ2v) is 6.36. The molecule has 0 spiro atoms. The lowest BCUT2D eigenvalue weighted by Crippen LogP contribution is -2.46. The lowest BCUT2D eigenvalue weighted by Gasteiger charge is -2.31. The predicted octanol–water partition coefficient (Wildman–Crippen LogP) is 3.21. The van der Waals surface area contributed by atoms with Crippen molar-refractivity contribution in [2.75, 3.05) is 13.1 Å². The van der Waals surface area contributed by atoms with Gasteiger partial charge in [-0.2, -0.15) is 13.2 Å². The van der Waals surface area contributed by atoms with Gasteiger partial charge < -0.3 is 15.7 Å². The summed E-state index contributed by atoms with van der Waals surface area (Å²) in [6, 6.07) is 0.00254. The molecule has 1 saturated carbocycles. The van der Waals surface area contributed by atoms with Crippen LogP contribution >= 0.6 is 0 Å². The molecule has 0 amide bonds. The van der Waals surface area contributed by atoms with Crippen molar-refractivity contribution in [1.82, 2.24) is 10.6 Å². The van der Waals surface area contributed by atoms with Crippen molar-refractivity contribution >= 4 is 5.96 Å². The minimum Gasteiger partial charge on any atom is -0.388 e. The van der Waals surface area contributed by atoms with Crippen molar-refractivity contribution in [3.63, 3.8) is 0 Å². The topological polar surface area (TPSA) is 56.7 Å². The Kier molecular flexibility index (Phi) is 7.64. The lowest BCUT2D eigenvalue weighted by molar-refractivity contribution is -0.182. The molecule has 1 rings (SSSR count). The first-order chi connectivity index (χ1) is 10.7. The summed E-state index contributed by atoms with van der Waals surface area (Å²) in [5.41, 5.74) is -0.823. The Hall–Kier alpha value is -0.980. The molecule has 136 valence electrons. The van der Waals surface area contributed by atoms with E-state index >= 15 is 0 Å². The highest BCUT2D eigenvalue weighted by Crippen LogP contribution is 2.37. The van der Waals surface area contributed by atoms with Crippen LogP contribution in [0.3, 0.4) is 0 Å². The minimum atomic E-state index is -4.08. The van der Waals surface area contributed by atoms with Crippen molar-refractivity contribution in [3.8, 4) is 0 Å². The first kappa shape index (κ1) is 20.1. The van der Waals surface area contributed by atoms with Gasteiger partial charge >= 0.3 is 6.18 Å². The van der Waals surface area contributed by atoms with Crippen LogP contribution in [-0.2, 0) is 0 Å². The van der Waals surface area contributed by atoms with Crippen LogP contribution in [0, 0.1) is 5.92 Å². The van der Waals surface area contributed by atoms with Crippen molar-refractivity contribution < 1.29 is 18.3 Å². The second kappa shape index (κ2) is 8.76. The number of nitrogens with zero attached hydrogens (tertiary/aromatic N) is 1. The highest BCUT2D eigenvalue weighted by molar-refractivity contribution is 5.80. The average molecular weight is 337 g/mol. The maximum atomic E-state index is 12.7. The molecule has 4 nitrogen and oxygen atoms in total. The molecule has 0 aromatic rings. The number of alkyl halides is 3. The monoisotopic (exact) mass is 337 g/mol. The summed E-state index contributed by atoms with van der Waals surface area (Å²) in [4.78, 5) is 4.41. The first-order valence-electron chi connectivity index (χ1n) is 8.58. The third-order valence-electron chi connectivity index (χ3n) is 4.72. The fraction of sp³-hybridized carbons (Fsp3) is 0.938. The zero-order valence-corrected chi connectivity index (χ0v) is 14.3. The number of aliphatic imine (C=N–C) groups is 1. The van der Waals surface area contributed by atoms with Crippen LogP contribution in [0.5, 0.6) is 0 Å². The summed E-state index contributed by atoms with van der Waals surface area (Å²) >= 11 is 0. The van der Waals surface area contributed by atoms with Crippen molar-refractivity contribution in [1.29, 1.82) is 0 Å². The highest BCUT2D eigenvalue weighted by Gasteiger charge is 2.41. The van der Waals surface area contributed by atoms with Gasteiger partial charge in [-0.1, -0.05) is 13.8 Å². The number of hydrogen-bond acceptors (Lipinski definition) is 2. The number of hydrogen-bond donors (Lipinski definition) is 3. The van der Waals surface area contributed by atoms with E-state index in [1.807, 2.05) is 20.8 Å². The molecule has 0 radical (unpaired) electrons. The SMILES string of the molecule is CCNC(=NCC(O)(CC)CC)NC1CCC(C(F)(F)F)CC1. The average Bonchev–Trinajstić information content (AvgIpc) is 2.52. The molecule has 23 heavy (non-hydrogen) atoms. The summed E-state index contributed by atoms with van der Waals surface area (Å²) < 4.78 is 38.1. The van der Waals surface area contributed by atoms with Crippen molar-refractivity contribution in [2.24, 2.45) is 10.9 Å². The molecule has 0 heterocycles. The quantitative estimate of drug-likeness (QED) is 0.515. The maximum Gasteiger partial charge on any atom is 0.391 e. The van der Waals surface area contributed by atoms with Crippen molar-refractivity contribution in [2.45, 2.75) is 77.1 Å². The van der Waals surface area contributed by atoms with E-state index in [1.165, 1.54) is 0 Å². The van der Waals surface area contributed by atoms with Gasteiger partial charge in [0, 0.05) is 12.6 Å². The Morgan fingerprint density at radius 3 is 2.09 bits per heavy atom. The summed E-state index contributed by atoms with van der Waals surface area (Å²) in [5, 5.41) is 16.6. The smallest absolute Gasteiger partial charge is 0.388 e. The number of guanidine groups is 1. The zero-order chi connectivity index (χ0) is 17.5. The Bertz CT molecular complexity index is 373. The highest BCUT2D eigenvalue weighted by atomic mass is 19.4. The van der Waals surface area contributed by atoms with E-state index in [1.54, 1.807) is 0 Å². The van der Waals surface area contributed by atoms with Crippen LogP contribution < -0.4 is 10.6 Å². The molecule has 0 unspecified atom stereocenters. The van der Waals surface area contributed by atoms with Gasteiger partial charge in [-0.05, 0) is 45.4 Å². The molecule has 0 bridgehead atoms. The van der Waals surface area contributed by atoms with Gasteiger partial charge in [0.2, 0.25) is 0 Å². The molecular weight excluding hydrogens is 307 g/mol. The lowest BCUT2D eigenvalue weighted by atomic mass is 9.85. The van der Waals surface area contributed by atoms with E-state index in [2.05, 4.69) is 15.6 Å². The van der Waals surface area contributed by atoms with Gasteiger partial charge in [-0.15, -0.1) is 0 Å². The Morgan fingerprint density at radius 1 is 1.09 bits per heavy atom. The van der Waals surface area contributed by atoms with Crippen LogP contribution in [0.1, 0.15) is 59.3 Å². The number of nitrogens with one attached hydrogen (secondary N) is 2. The minimum absolute atomic E-state index is 0.00254. The molecule has 0 aromatic heterocycles. The van der Waals surface area contributed by atoms with Crippen LogP contribution in [0.25, 0.3) is 0 Å². The molecular formula is C16H30F3N3O. The summed E-state index contributed by atoms with van der Waals surface area (Å²) in [5.74, 6) is -0.603. The van der Waals surface area contributed by atoms with Gasteiger partial charge in [0.25, 0.3) is 0 Å². The third-order valence-corrected chi connectivity index (χ3v) is 4.72. The molecule has 0 saturated heterocycles. The van der Waals surface area contributed by atoms with Gasteiger partial charge in [0.05, 0.1) is 18.1 Å².